The number of nitrogens with zero attached hydrogens (tertiary/aromatic N) is 1. The monoisotopic (exact) mass is 332 g/mol. The molecule has 0 aromatic heterocycles. The molecule has 5 nitrogen and oxygen atoms in total. The summed E-state index contributed by atoms with van der Waals surface area (Å²) in [5.74, 6) is -1.18. The predicted molar refractivity (Wildman–Crippen MR) is 95.4 cm³/mol. The lowest BCUT2D eigenvalue weighted by atomic mass is 9.98. The number of amides is 1. The van der Waals surface area contributed by atoms with E-state index in [2.05, 4.69) is 38.2 Å². The Bertz CT molecular complexity index is 588. The Morgan fingerprint density at radius 1 is 1.17 bits per heavy atom. The Morgan fingerprint density at radius 3 is 2.25 bits per heavy atom. The first-order chi connectivity index (χ1) is 11.5. The highest BCUT2D eigenvalue weighted by atomic mass is 16.4. The maximum Gasteiger partial charge on any atom is 0.307 e. The zero-order chi connectivity index (χ0) is 17.7. The third-order valence-corrected chi connectivity index (χ3v) is 4.78. The molecule has 1 fully saturated rings. The molecular weight excluding hydrogens is 304 g/mol. The zero-order valence-electron chi connectivity index (χ0n) is 14.9. The first-order valence-electron chi connectivity index (χ1n) is 8.88. The largest absolute Gasteiger partial charge is 0.481 e. The van der Waals surface area contributed by atoms with Crippen molar-refractivity contribution in [3.8, 4) is 0 Å². The second-order valence-corrected chi connectivity index (χ2v) is 6.46. The molecule has 1 unspecified atom stereocenters. The van der Waals surface area contributed by atoms with Gasteiger partial charge in [-0.05, 0) is 48.9 Å². The van der Waals surface area contributed by atoms with Crippen LogP contribution in [0.2, 0.25) is 0 Å². The van der Waals surface area contributed by atoms with Crippen LogP contribution in [0, 0.1) is 5.92 Å². The third kappa shape index (κ3) is 4.35. The molecule has 2 N–H and O–H groups in total. The number of nitrogens with one attached hydrogen (secondary N) is 1. The van der Waals surface area contributed by atoms with Crippen LogP contribution in [0.4, 0.5) is 5.69 Å². The van der Waals surface area contributed by atoms with Gasteiger partial charge in [-0.25, -0.2) is 0 Å². The van der Waals surface area contributed by atoms with E-state index in [1.165, 1.54) is 16.7 Å². The van der Waals surface area contributed by atoms with Crippen molar-refractivity contribution < 1.29 is 14.7 Å². The van der Waals surface area contributed by atoms with Gasteiger partial charge in [0, 0.05) is 12.2 Å². The predicted octanol–water partition coefficient (Wildman–Crippen LogP) is 2.72. The number of carboxylic acid groups (broad SMARTS) is 1. The van der Waals surface area contributed by atoms with E-state index in [-0.39, 0.29) is 18.4 Å². The summed E-state index contributed by atoms with van der Waals surface area (Å²) < 4.78 is 0. The Morgan fingerprint density at radius 2 is 1.79 bits per heavy atom. The molecule has 1 heterocycles. The number of anilines is 1. The Labute approximate surface area is 144 Å². The molecule has 1 saturated heterocycles. The molecule has 1 aliphatic rings. The molecule has 0 radical (unpaired) electrons. The van der Waals surface area contributed by atoms with Crippen LogP contribution in [-0.4, -0.2) is 41.5 Å². The van der Waals surface area contributed by atoms with Crippen LogP contribution < -0.4 is 5.32 Å². The van der Waals surface area contributed by atoms with Gasteiger partial charge < -0.3 is 10.4 Å². The third-order valence-electron chi connectivity index (χ3n) is 4.78. The molecule has 0 spiro atoms. The minimum Gasteiger partial charge on any atom is -0.481 e. The van der Waals surface area contributed by atoms with E-state index in [1.54, 1.807) is 0 Å². The van der Waals surface area contributed by atoms with Crippen molar-refractivity contribution in [3.63, 3.8) is 0 Å². The fourth-order valence-electron chi connectivity index (χ4n) is 3.32. The lowest BCUT2D eigenvalue weighted by Gasteiger charge is -2.19. The van der Waals surface area contributed by atoms with Crippen molar-refractivity contribution in [3.05, 3.63) is 28.8 Å². The number of hydrogen-bond acceptors (Lipinski definition) is 3. The van der Waals surface area contributed by atoms with E-state index in [4.69, 9.17) is 5.11 Å². The van der Waals surface area contributed by atoms with Gasteiger partial charge in [-0.3, -0.25) is 14.5 Å². The maximum absolute atomic E-state index is 12.4. The Kier molecular flexibility index (Phi) is 6.37. The normalized spacial score (nSPS) is 17.9. The molecule has 1 aliphatic heterocycles. The highest BCUT2D eigenvalue weighted by molar-refractivity contribution is 5.94. The van der Waals surface area contributed by atoms with Gasteiger partial charge >= 0.3 is 5.97 Å². The SMILES string of the molecule is CCc1cc(CC)c(NC(=O)CN2CCC(C(=O)O)C2)c(CC)c1. The average molecular weight is 332 g/mol. The summed E-state index contributed by atoms with van der Waals surface area (Å²) in [7, 11) is 0. The van der Waals surface area contributed by atoms with Crippen LogP contribution in [0.25, 0.3) is 0 Å². The van der Waals surface area contributed by atoms with Crippen LogP contribution >= 0.6 is 0 Å². The topological polar surface area (TPSA) is 69.6 Å². The number of benzene rings is 1. The molecule has 0 aliphatic carbocycles. The molecule has 132 valence electrons. The minimum atomic E-state index is -0.769. The molecule has 1 atom stereocenters. The standard InChI is InChI=1S/C19H28N2O3/c1-4-13-9-14(5-2)18(15(6-3)10-13)20-17(22)12-21-8-7-16(11-21)19(23)24/h9-10,16H,4-8,11-12H2,1-3H3,(H,20,22)(H,23,24). The lowest BCUT2D eigenvalue weighted by molar-refractivity contribution is -0.141. The van der Waals surface area contributed by atoms with E-state index >= 15 is 0 Å². The summed E-state index contributed by atoms with van der Waals surface area (Å²) in [5.41, 5.74) is 4.58. The Balaban J connectivity index is 2.07. The summed E-state index contributed by atoms with van der Waals surface area (Å²) in [6.45, 7) is 7.72. The van der Waals surface area contributed by atoms with Gasteiger partial charge in [0.1, 0.15) is 0 Å². The number of hydrogen-bond donors (Lipinski definition) is 2. The van der Waals surface area contributed by atoms with Crippen molar-refractivity contribution >= 4 is 17.6 Å². The molecule has 1 amide bonds. The fraction of sp³-hybridized carbons (Fsp3) is 0.579. The van der Waals surface area contributed by atoms with E-state index < -0.39 is 5.97 Å². The van der Waals surface area contributed by atoms with Gasteiger partial charge in [0.25, 0.3) is 0 Å². The number of aliphatic carboxylic acids is 1. The number of rotatable bonds is 7. The van der Waals surface area contributed by atoms with Crippen molar-refractivity contribution in [2.24, 2.45) is 5.92 Å². The van der Waals surface area contributed by atoms with E-state index in [0.29, 0.717) is 19.5 Å². The molecule has 0 saturated carbocycles. The van der Waals surface area contributed by atoms with Crippen molar-refractivity contribution in [1.29, 1.82) is 0 Å². The van der Waals surface area contributed by atoms with Crippen LogP contribution in [0.1, 0.15) is 43.9 Å². The van der Waals surface area contributed by atoms with Gasteiger partial charge in [0.05, 0.1) is 12.5 Å². The fourth-order valence-corrected chi connectivity index (χ4v) is 3.32. The van der Waals surface area contributed by atoms with Gasteiger partial charge in [0.2, 0.25) is 5.91 Å². The zero-order valence-corrected chi connectivity index (χ0v) is 14.9. The van der Waals surface area contributed by atoms with Crippen molar-refractivity contribution in [1.82, 2.24) is 4.90 Å². The number of carboxylic acids is 1. The summed E-state index contributed by atoms with van der Waals surface area (Å²) in [6, 6.07) is 4.34. The first-order valence-corrected chi connectivity index (χ1v) is 8.88. The molecule has 0 bridgehead atoms. The average Bonchev–Trinajstić information content (AvgIpc) is 3.03. The first kappa shape index (κ1) is 18.5. The summed E-state index contributed by atoms with van der Waals surface area (Å²) in [5, 5.41) is 12.1. The molecule has 5 heteroatoms. The van der Waals surface area contributed by atoms with E-state index in [1.807, 2.05) is 4.90 Å². The smallest absolute Gasteiger partial charge is 0.307 e. The van der Waals surface area contributed by atoms with Gasteiger partial charge in [-0.15, -0.1) is 0 Å². The van der Waals surface area contributed by atoms with Gasteiger partial charge in [-0.1, -0.05) is 32.9 Å². The number of carbonyl (C=O) groups excluding carboxylic acids is 1. The molecule has 24 heavy (non-hydrogen) atoms. The van der Waals surface area contributed by atoms with Crippen molar-refractivity contribution in [2.45, 2.75) is 46.5 Å². The molecule has 1 aromatic carbocycles. The van der Waals surface area contributed by atoms with Crippen LogP contribution in [0.3, 0.4) is 0 Å². The van der Waals surface area contributed by atoms with Crippen molar-refractivity contribution in [2.75, 3.05) is 25.0 Å². The minimum absolute atomic E-state index is 0.0605. The van der Waals surface area contributed by atoms with E-state index in [0.717, 1.165) is 24.9 Å². The quantitative estimate of drug-likeness (QED) is 0.805. The number of likely N-dealkylation sites (tertiary alicyclic amines) is 1. The molecule has 1 aromatic rings. The van der Waals surface area contributed by atoms with Crippen LogP contribution in [0.15, 0.2) is 12.1 Å². The molecular formula is C19H28N2O3. The molecule has 2 rings (SSSR count). The highest BCUT2D eigenvalue weighted by Gasteiger charge is 2.29. The van der Waals surface area contributed by atoms with Gasteiger partial charge in [-0.2, -0.15) is 0 Å². The maximum atomic E-state index is 12.4. The summed E-state index contributed by atoms with van der Waals surface area (Å²) >= 11 is 0. The Hall–Kier alpha value is -1.88. The highest BCUT2D eigenvalue weighted by Crippen LogP contribution is 2.25. The summed E-state index contributed by atoms with van der Waals surface area (Å²) in [4.78, 5) is 25.4. The van der Waals surface area contributed by atoms with E-state index in [9.17, 15) is 9.59 Å². The van der Waals surface area contributed by atoms with Crippen LogP contribution in [0.5, 0.6) is 0 Å². The van der Waals surface area contributed by atoms with Crippen LogP contribution in [-0.2, 0) is 28.9 Å². The second kappa shape index (κ2) is 8.29. The lowest BCUT2D eigenvalue weighted by Crippen LogP contribution is -2.32. The number of aryl methyl sites for hydroxylation is 3. The summed E-state index contributed by atoms with van der Waals surface area (Å²) in [6.07, 6.45) is 3.36. The van der Waals surface area contributed by atoms with Gasteiger partial charge in [0.15, 0.2) is 0 Å². The number of carbonyl (C=O) groups is 2. The second-order valence-electron chi connectivity index (χ2n) is 6.46.